The molecular weight excluding hydrogens is 206 g/mol. The van der Waals surface area contributed by atoms with Crippen LogP contribution in [0.5, 0.6) is 0 Å². The number of nitrogens with one attached hydrogen (secondary N) is 1. The van der Waals surface area contributed by atoms with Gasteiger partial charge in [0.05, 0.1) is 0 Å². The zero-order chi connectivity index (χ0) is 12.8. The molecule has 1 nitrogen and oxygen atoms in total. The van der Waals surface area contributed by atoms with Crippen molar-refractivity contribution in [3.63, 3.8) is 0 Å². The van der Waals surface area contributed by atoms with E-state index in [4.69, 9.17) is 0 Å². The van der Waals surface area contributed by atoms with Crippen LogP contribution in [-0.4, -0.2) is 6.04 Å². The first-order valence-corrected chi connectivity index (χ1v) is 6.91. The number of hydrogen-bond donors (Lipinski definition) is 1. The van der Waals surface area contributed by atoms with Gasteiger partial charge in [0.25, 0.3) is 0 Å². The van der Waals surface area contributed by atoms with E-state index in [0.717, 1.165) is 5.92 Å². The van der Waals surface area contributed by atoms with Crippen molar-refractivity contribution in [1.29, 1.82) is 0 Å². The molecule has 0 amide bonds. The van der Waals surface area contributed by atoms with E-state index < -0.39 is 0 Å². The van der Waals surface area contributed by atoms with E-state index in [-0.39, 0.29) is 0 Å². The van der Waals surface area contributed by atoms with Crippen LogP contribution in [0.15, 0.2) is 24.3 Å². The lowest BCUT2D eigenvalue weighted by atomic mass is 9.93. The fraction of sp³-hybridized carbons (Fsp3) is 0.625. The Morgan fingerprint density at radius 1 is 1.06 bits per heavy atom. The molecule has 1 rings (SSSR count). The van der Waals surface area contributed by atoms with Crippen LogP contribution < -0.4 is 5.32 Å². The highest BCUT2D eigenvalue weighted by Gasteiger charge is 2.16. The summed E-state index contributed by atoms with van der Waals surface area (Å²) in [6.07, 6.45) is 2.51. The Morgan fingerprint density at radius 3 is 2.18 bits per heavy atom. The second kappa shape index (κ2) is 6.80. The van der Waals surface area contributed by atoms with Gasteiger partial charge in [-0.15, -0.1) is 0 Å². The van der Waals surface area contributed by atoms with E-state index in [1.807, 2.05) is 0 Å². The third kappa shape index (κ3) is 3.85. The van der Waals surface area contributed by atoms with Gasteiger partial charge < -0.3 is 5.32 Å². The zero-order valence-electron chi connectivity index (χ0n) is 12.0. The molecule has 0 bridgehead atoms. The summed E-state index contributed by atoms with van der Waals surface area (Å²) >= 11 is 0. The van der Waals surface area contributed by atoms with Crippen LogP contribution in [0.25, 0.3) is 0 Å². The van der Waals surface area contributed by atoms with Gasteiger partial charge >= 0.3 is 0 Å². The second-order valence-electron chi connectivity index (χ2n) is 5.11. The van der Waals surface area contributed by atoms with Crippen LogP contribution in [0.1, 0.15) is 57.7 Å². The molecule has 0 saturated carbocycles. The fourth-order valence-electron chi connectivity index (χ4n) is 2.69. The standard InChI is InChI=1S/C16H27N/c1-6-15(7-2)13(4)17-14(5)16-11-9-8-10-12(16)3/h8-11,13-15,17H,6-7H2,1-5H3. The van der Waals surface area contributed by atoms with Crippen LogP contribution in [0, 0.1) is 12.8 Å². The predicted molar refractivity (Wildman–Crippen MR) is 76.3 cm³/mol. The van der Waals surface area contributed by atoms with Crippen molar-refractivity contribution < 1.29 is 0 Å². The van der Waals surface area contributed by atoms with Crippen molar-refractivity contribution in [3.05, 3.63) is 35.4 Å². The summed E-state index contributed by atoms with van der Waals surface area (Å²) in [5.41, 5.74) is 2.80. The average Bonchev–Trinajstić information content (AvgIpc) is 2.31. The fourth-order valence-corrected chi connectivity index (χ4v) is 2.69. The van der Waals surface area contributed by atoms with Crippen LogP contribution in [0.2, 0.25) is 0 Å². The maximum atomic E-state index is 3.74. The van der Waals surface area contributed by atoms with E-state index in [9.17, 15) is 0 Å². The van der Waals surface area contributed by atoms with E-state index in [2.05, 4.69) is 64.2 Å². The van der Waals surface area contributed by atoms with Crippen molar-refractivity contribution >= 4 is 0 Å². The molecule has 1 aromatic carbocycles. The van der Waals surface area contributed by atoms with Gasteiger partial charge in [-0.25, -0.2) is 0 Å². The molecule has 96 valence electrons. The molecule has 1 aromatic rings. The maximum Gasteiger partial charge on any atom is 0.0296 e. The van der Waals surface area contributed by atoms with Gasteiger partial charge in [0.2, 0.25) is 0 Å². The molecule has 0 radical (unpaired) electrons. The summed E-state index contributed by atoms with van der Waals surface area (Å²) in [4.78, 5) is 0. The van der Waals surface area contributed by atoms with Gasteiger partial charge in [-0.3, -0.25) is 0 Å². The molecule has 0 heterocycles. The minimum absolute atomic E-state index is 0.437. The number of aryl methyl sites for hydroxylation is 1. The number of hydrogen-bond acceptors (Lipinski definition) is 1. The van der Waals surface area contributed by atoms with Crippen molar-refractivity contribution in [2.24, 2.45) is 5.92 Å². The van der Waals surface area contributed by atoms with Gasteiger partial charge in [0.1, 0.15) is 0 Å². The summed E-state index contributed by atoms with van der Waals surface area (Å²) in [6, 6.07) is 9.67. The predicted octanol–water partition coefficient (Wildman–Crippen LogP) is 4.47. The molecular formula is C16H27N. The molecule has 1 N–H and O–H groups in total. The number of rotatable bonds is 6. The molecule has 17 heavy (non-hydrogen) atoms. The van der Waals surface area contributed by atoms with Gasteiger partial charge in [0, 0.05) is 12.1 Å². The van der Waals surface area contributed by atoms with Gasteiger partial charge in [-0.05, 0) is 37.8 Å². The van der Waals surface area contributed by atoms with E-state index in [0.29, 0.717) is 12.1 Å². The molecule has 1 heteroatoms. The third-order valence-electron chi connectivity index (χ3n) is 3.92. The third-order valence-corrected chi connectivity index (χ3v) is 3.92. The molecule has 0 aliphatic carbocycles. The monoisotopic (exact) mass is 233 g/mol. The van der Waals surface area contributed by atoms with E-state index in [1.54, 1.807) is 0 Å². The summed E-state index contributed by atoms with van der Waals surface area (Å²) in [7, 11) is 0. The summed E-state index contributed by atoms with van der Waals surface area (Å²) in [6.45, 7) is 11.3. The van der Waals surface area contributed by atoms with Gasteiger partial charge in [-0.1, -0.05) is 51.0 Å². The zero-order valence-corrected chi connectivity index (χ0v) is 12.0. The quantitative estimate of drug-likeness (QED) is 0.764. The first-order chi connectivity index (χ1) is 8.10. The Labute approximate surface area is 107 Å². The minimum atomic E-state index is 0.437. The Balaban J connectivity index is 2.66. The summed E-state index contributed by atoms with van der Waals surface area (Å²) in [5.74, 6) is 0.779. The Kier molecular flexibility index (Phi) is 5.70. The van der Waals surface area contributed by atoms with Crippen molar-refractivity contribution in [2.45, 2.75) is 59.5 Å². The topological polar surface area (TPSA) is 12.0 Å². The molecule has 2 unspecified atom stereocenters. The highest BCUT2D eigenvalue weighted by Crippen LogP contribution is 2.20. The molecule has 0 aromatic heterocycles. The Hall–Kier alpha value is -0.820. The highest BCUT2D eigenvalue weighted by molar-refractivity contribution is 5.28. The smallest absolute Gasteiger partial charge is 0.0296 e. The van der Waals surface area contributed by atoms with E-state index >= 15 is 0 Å². The largest absolute Gasteiger partial charge is 0.307 e. The average molecular weight is 233 g/mol. The Bertz CT molecular complexity index is 328. The molecule has 0 saturated heterocycles. The lowest BCUT2D eigenvalue weighted by Crippen LogP contribution is -2.35. The van der Waals surface area contributed by atoms with Gasteiger partial charge in [-0.2, -0.15) is 0 Å². The molecule has 0 fully saturated rings. The lowest BCUT2D eigenvalue weighted by Gasteiger charge is -2.27. The van der Waals surface area contributed by atoms with Crippen molar-refractivity contribution in [2.75, 3.05) is 0 Å². The number of benzene rings is 1. The second-order valence-corrected chi connectivity index (χ2v) is 5.11. The molecule has 0 aliphatic rings. The Morgan fingerprint density at radius 2 is 1.65 bits per heavy atom. The first-order valence-electron chi connectivity index (χ1n) is 6.91. The SMILES string of the molecule is CCC(CC)C(C)NC(C)c1ccccc1C. The molecule has 0 spiro atoms. The van der Waals surface area contributed by atoms with Crippen molar-refractivity contribution in [3.8, 4) is 0 Å². The highest BCUT2D eigenvalue weighted by atomic mass is 14.9. The van der Waals surface area contributed by atoms with E-state index in [1.165, 1.54) is 24.0 Å². The van der Waals surface area contributed by atoms with Crippen molar-refractivity contribution in [1.82, 2.24) is 5.32 Å². The van der Waals surface area contributed by atoms with Crippen LogP contribution in [0.3, 0.4) is 0 Å². The molecule has 0 aliphatic heterocycles. The normalized spacial score (nSPS) is 14.9. The summed E-state index contributed by atoms with van der Waals surface area (Å²) < 4.78 is 0. The minimum Gasteiger partial charge on any atom is -0.307 e. The maximum absolute atomic E-state index is 3.74. The van der Waals surface area contributed by atoms with Crippen LogP contribution >= 0.6 is 0 Å². The van der Waals surface area contributed by atoms with Gasteiger partial charge in [0.15, 0.2) is 0 Å². The van der Waals surface area contributed by atoms with Crippen LogP contribution in [0.4, 0.5) is 0 Å². The van der Waals surface area contributed by atoms with Crippen LogP contribution in [-0.2, 0) is 0 Å². The lowest BCUT2D eigenvalue weighted by molar-refractivity contribution is 0.330. The molecule has 2 atom stereocenters. The summed E-state index contributed by atoms with van der Waals surface area (Å²) in [5, 5.41) is 3.74. The first kappa shape index (κ1) is 14.2.